The molecule has 0 N–H and O–H groups in total. The highest BCUT2D eigenvalue weighted by atomic mass is 16.1. The molecule has 0 aromatic heterocycles. The van der Waals surface area contributed by atoms with Crippen molar-refractivity contribution in [3.05, 3.63) is 69.8 Å². The molecule has 0 saturated heterocycles. The van der Waals surface area contributed by atoms with Gasteiger partial charge in [-0.05, 0) is 99.6 Å². The number of carbonyl (C=O) groups is 2. The van der Waals surface area contributed by atoms with E-state index in [1.54, 1.807) is 13.8 Å². The van der Waals surface area contributed by atoms with Gasteiger partial charge in [-0.15, -0.1) is 0 Å². The second-order valence-electron chi connectivity index (χ2n) is 7.51. The largest absolute Gasteiger partial charge is 0.295 e. The van der Waals surface area contributed by atoms with E-state index in [2.05, 4.69) is 36.4 Å². The van der Waals surface area contributed by atoms with Crippen LogP contribution in [0.3, 0.4) is 0 Å². The van der Waals surface area contributed by atoms with Crippen molar-refractivity contribution in [1.29, 1.82) is 0 Å². The summed E-state index contributed by atoms with van der Waals surface area (Å²) in [7, 11) is 0. The monoisotopic (exact) mass is 348 g/mol. The first-order valence-electron chi connectivity index (χ1n) is 9.80. The van der Waals surface area contributed by atoms with Crippen LogP contribution < -0.4 is 0 Å². The van der Waals surface area contributed by atoms with Crippen molar-refractivity contribution in [3.8, 4) is 0 Å². The Morgan fingerprint density at radius 3 is 1.38 bits per heavy atom. The summed E-state index contributed by atoms with van der Waals surface area (Å²) < 4.78 is 0. The normalized spacial score (nSPS) is 15.2. The quantitative estimate of drug-likeness (QED) is 0.668. The Labute approximate surface area is 156 Å². The van der Waals surface area contributed by atoms with Gasteiger partial charge in [0.2, 0.25) is 0 Å². The van der Waals surface area contributed by atoms with Crippen molar-refractivity contribution in [2.45, 2.75) is 65.2 Å². The highest BCUT2D eigenvalue weighted by Gasteiger charge is 2.12. The molecule has 0 saturated carbocycles. The number of ketones is 2. The van der Waals surface area contributed by atoms with E-state index in [4.69, 9.17) is 0 Å². The van der Waals surface area contributed by atoms with Crippen LogP contribution in [0.4, 0.5) is 0 Å². The van der Waals surface area contributed by atoms with Crippen molar-refractivity contribution in [2.75, 3.05) is 0 Å². The minimum Gasteiger partial charge on any atom is -0.295 e. The van der Waals surface area contributed by atoms with Gasteiger partial charge in [0.25, 0.3) is 0 Å². The molecule has 4 aliphatic carbocycles. The van der Waals surface area contributed by atoms with Gasteiger partial charge < -0.3 is 0 Å². The predicted octanol–water partition coefficient (Wildman–Crippen LogP) is 5.54. The lowest BCUT2D eigenvalue weighted by Crippen LogP contribution is -2.04. The van der Waals surface area contributed by atoms with E-state index >= 15 is 0 Å². The van der Waals surface area contributed by atoms with E-state index in [1.165, 1.54) is 11.1 Å². The summed E-state index contributed by atoms with van der Waals surface area (Å²) in [5, 5.41) is 0. The Kier molecular flexibility index (Phi) is 6.03. The molecule has 2 aromatic carbocycles. The average Bonchev–Trinajstić information content (AvgIpc) is 2.62. The third kappa shape index (κ3) is 4.49. The molecule has 0 fully saturated rings. The number of hydrogen-bond acceptors (Lipinski definition) is 2. The van der Waals surface area contributed by atoms with E-state index in [0.717, 1.165) is 73.6 Å². The van der Waals surface area contributed by atoms with Gasteiger partial charge in [-0.2, -0.15) is 0 Å². The zero-order valence-electron chi connectivity index (χ0n) is 15.9. The van der Waals surface area contributed by atoms with Crippen molar-refractivity contribution in [3.63, 3.8) is 0 Å². The first kappa shape index (κ1) is 18.6. The fourth-order valence-corrected chi connectivity index (χ4v) is 3.94. The van der Waals surface area contributed by atoms with Crippen LogP contribution in [0.5, 0.6) is 0 Å². The zero-order chi connectivity index (χ0) is 18.5. The lowest BCUT2D eigenvalue weighted by Gasteiger charge is -2.13. The molecular formula is C24H28O2. The number of aryl methyl sites for hydroxylation is 4. The third-order valence-corrected chi connectivity index (χ3v) is 5.43. The first-order valence-corrected chi connectivity index (χ1v) is 9.80. The Hall–Kier alpha value is -2.22. The predicted molar refractivity (Wildman–Crippen MR) is 106 cm³/mol. The maximum Gasteiger partial charge on any atom is 0.160 e. The first-order chi connectivity index (χ1) is 12.5. The van der Waals surface area contributed by atoms with Crippen molar-refractivity contribution < 1.29 is 9.59 Å². The average molecular weight is 348 g/mol. The Balaban J connectivity index is 1.86. The summed E-state index contributed by atoms with van der Waals surface area (Å²) in [6, 6.07) is 12.9. The second-order valence-corrected chi connectivity index (χ2v) is 7.51. The van der Waals surface area contributed by atoms with E-state index in [-0.39, 0.29) is 11.6 Å². The maximum atomic E-state index is 12.1. The minimum absolute atomic E-state index is 0.164. The van der Waals surface area contributed by atoms with Crippen LogP contribution in [0, 0.1) is 0 Å². The lowest BCUT2D eigenvalue weighted by molar-refractivity contribution is 0.100. The smallest absolute Gasteiger partial charge is 0.160 e. The molecule has 0 atom stereocenters. The highest BCUT2D eigenvalue weighted by Crippen LogP contribution is 2.21. The van der Waals surface area contributed by atoms with Crippen LogP contribution in [0.15, 0.2) is 36.4 Å². The molecule has 2 heteroatoms. The molecule has 6 rings (SSSR count). The van der Waals surface area contributed by atoms with Gasteiger partial charge in [0, 0.05) is 11.1 Å². The summed E-state index contributed by atoms with van der Waals surface area (Å²) in [6.07, 6.45) is 8.07. The molecule has 4 bridgehead atoms. The lowest BCUT2D eigenvalue weighted by atomic mass is 9.91. The minimum atomic E-state index is 0.164. The number of Topliss-reactive ketones (excluding diaryl/α,β-unsaturated/α-hetero) is 2. The Morgan fingerprint density at radius 2 is 1.00 bits per heavy atom. The summed E-state index contributed by atoms with van der Waals surface area (Å²) in [5.41, 5.74) is 6.62. The van der Waals surface area contributed by atoms with E-state index in [0.29, 0.717) is 0 Å². The number of hydrogen-bond donors (Lipinski definition) is 0. The molecule has 0 spiro atoms. The fourth-order valence-electron chi connectivity index (χ4n) is 3.94. The molecule has 0 heterocycles. The number of benzene rings is 2. The Bertz CT molecular complexity index is 747. The van der Waals surface area contributed by atoms with Crippen LogP contribution in [0.25, 0.3) is 0 Å². The van der Waals surface area contributed by atoms with Gasteiger partial charge in [0.15, 0.2) is 11.6 Å². The topological polar surface area (TPSA) is 34.1 Å². The SMILES string of the molecule is CC(=O)c1cc2ccc1CCCCc1ccc(cc1C(C)=O)CCCC2. The van der Waals surface area contributed by atoms with Crippen LogP contribution in [-0.2, 0) is 25.7 Å². The molecule has 4 aliphatic rings. The third-order valence-electron chi connectivity index (χ3n) is 5.43. The van der Waals surface area contributed by atoms with Crippen LogP contribution in [0.2, 0.25) is 0 Å². The van der Waals surface area contributed by atoms with Crippen LogP contribution in [0.1, 0.15) is 82.5 Å². The summed E-state index contributed by atoms with van der Waals surface area (Å²) in [5.74, 6) is 0.327. The van der Waals surface area contributed by atoms with Gasteiger partial charge in [-0.25, -0.2) is 0 Å². The van der Waals surface area contributed by atoms with Gasteiger partial charge in [-0.1, -0.05) is 24.3 Å². The summed E-state index contributed by atoms with van der Waals surface area (Å²) >= 11 is 0. The van der Waals surface area contributed by atoms with Gasteiger partial charge >= 0.3 is 0 Å². The zero-order valence-corrected chi connectivity index (χ0v) is 15.9. The van der Waals surface area contributed by atoms with Crippen molar-refractivity contribution >= 4 is 11.6 Å². The van der Waals surface area contributed by atoms with Gasteiger partial charge in [-0.3, -0.25) is 9.59 Å². The molecule has 0 unspecified atom stereocenters. The van der Waals surface area contributed by atoms with E-state index in [1.807, 2.05) is 0 Å². The molecule has 136 valence electrons. The van der Waals surface area contributed by atoms with Crippen molar-refractivity contribution in [2.24, 2.45) is 0 Å². The van der Waals surface area contributed by atoms with Gasteiger partial charge in [0.1, 0.15) is 0 Å². The standard InChI is InChI=1S/C24H28O2/c1-17(25)23-15-19-7-3-4-8-20-12-14-22(24(16-20)18(2)26)10-6-5-9-21(23)13-11-19/h11-16H,3-10H2,1-2H3. The molecule has 0 aliphatic heterocycles. The number of carbonyl (C=O) groups excluding carboxylic acids is 2. The Morgan fingerprint density at radius 1 is 0.615 bits per heavy atom. The molecule has 26 heavy (non-hydrogen) atoms. The van der Waals surface area contributed by atoms with Gasteiger partial charge in [0.05, 0.1) is 0 Å². The summed E-state index contributed by atoms with van der Waals surface area (Å²) in [6.45, 7) is 3.34. The molecule has 0 amide bonds. The number of rotatable bonds is 2. The van der Waals surface area contributed by atoms with E-state index in [9.17, 15) is 9.59 Å². The highest BCUT2D eigenvalue weighted by molar-refractivity contribution is 5.96. The van der Waals surface area contributed by atoms with E-state index < -0.39 is 0 Å². The molecule has 2 nitrogen and oxygen atoms in total. The maximum absolute atomic E-state index is 12.1. The molecular weight excluding hydrogens is 320 g/mol. The second kappa shape index (κ2) is 8.44. The molecule has 0 radical (unpaired) electrons. The fraction of sp³-hybridized carbons (Fsp3) is 0.417. The molecule has 2 aromatic rings. The van der Waals surface area contributed by atoms with Crippen LogP contribution >= 0.6 is 0 Å². The van der Waals surface area contributed by atoms with Crippen molar-refractivity contribution in [1.82, 2.24) is 0 Å². The van der Waals surface area contributed by atoms with Crippen LogP contribution in [-0.4, -0.2) is 11.6 Å². The summed E-state index contributed by atoms with van der Waals surface area (Å²) in [4.78, 5) is 24.1.